The van der Waals surface area contributed by atoms with Crippen LogP contribution in [0.15, 0.2) is 22.5 Å². The maximum atomic E-state index is 11.7. The highest BCUT2D eigenvalue weighted by Crippen LogP contribution is 2.36. The number of carbonyl (C=O) groups excluding carboxylic acids is 1. The van der Waals surface area contributed by atoms with E-state index in [1.54, 1.807) is 0 Å². The van der Waals surface area contributed by atoms with Crippen LogP contribution in [-0.4, -0.2) is 69.1 Å². The molecule has 27 heavy (non-hydrogen) atoms. The van der Waals surface area contributed by atoms with Gasteiger partial charge in [0.15, 0.2) is 5.96 Å². The molecule has 0 spiro atoms. The Morgan fingerprint density at radius 3 is 2.74 bits per heavy atom. The summed E-state index contributed by atoms with van der Waals surface area (Å²) in [6.07, 6.45) is 4.14. The summed E-state index contributed by atoms with van der Waals surface area (Å²) in [4.78, 5) is 22.5. The van der Waals surface area contributed by atoms with E-state index in [0.717, 1.165) is 45.0 Å². The number of piperidine rings is 2. The third-order valence-electron chi connectivity index (χ3n) is 5.90. The lowest BCUT2D eigenvalue weighted by molar-refractivity contribution is -0.146. The number of hydrogen-bond donors (Lipinski definition) is 1. The maximum absolute atomic E-state index is 11.7. The number of rotatable bonds is 4. The van der Waals surface area contributed by atoms with Crippen LogP contribution in [-0.2, 0) is 9.53 Å². The van der Waals surface area contributed by atoms with Crippen molar-refractivity contribution < 1.29 is 9.53 Å². The number of methoxy groups -OCH3 is 1. The normalized spacial score (nSPS) is 25.4. The van der Waals surface area contributed by atoms with E-state index < -0.39 is 0 Å². The van der Waals surface area contributed by atoms with Crippen LogP contribution in [0, 0.1) is 11.8 Å². The Bertz CT molecular complexity index is 626. The lowest BCUT2D eigenvalue weighted by atomic mass is 9.88. The lowest BCUT2D eigenvalue weighted by Crippen LogP contribution is -2.49. The maximum Gasteiger partial charge on any atom is 0.308 e. The van der Waals surface area contributed by atoms with Crippen molar-refractivity contribution in [2.45, 2.75) is 31.7 Å². The largest absolute Gasteiger partial charge is 0.469 e. The van der Waals surface area contributed by atoms with Gasteiger partial charge in [-0.25, -0.2) is 0 Å². The third-order valence-corrected chi connectivity index (χ3v) is 6.85. The number of esters is 1. The summed E-state index contributed by atoms with van der Waals surface area (Å²) >= 11 is 1.86. The first-order valence-corrected chi connectivity index (χ1v) is 10.8. The van der Waals surface area contributed by atoms with Gasteiger partial charge in [0.05, 0.1) is 13.0 Å². The molecule has 6 nitrogen and oxygen atoms in total. The number of nitrogens with zero attached hydrogens (tertiary/aromatic N) is 3. The molecule has 0 radical (unpaired) electrons. The summed E-state index contributed by atoms with van der Waals surface area (Å²) in [6, 6.07) is 4.89. The van der Waals surface area contributed by atoms with Gasteiger partial charge in [0, 0.05) is 37.6 Å². The molecule has 3 heterocycles. The van der Waals surface area contributed by atoms with Crippen LogP contribution in [0.25, 0.3) is 0 Å². The first kappa shape index (κ1) is 20.1. The number of thiophene rings is 1. The highest BCUT2D eigenvalue weighted by atomic mass is 32.1. The van der Waals surface area contributed by atoms with E-state index in [9.17, 15) is 4.79 Å². The highest BCUT2D eigenvalue weighted by Gasteiger charge is 2.32. The molecule has 1 N–H and O–H groups in total. The molecule has 2 fully saturated rings. The van der Waals surface area contributed by atoms with Gasteiger partial charge in [0.25, 0.3) is 0 Å². The molecule has 0 amide bonds. The minimum Gasteiger partial charge on any atom is -0.469 e. The van der Waals surface area contributed by atoms with Gasteiger partial charge in [0.2, 0.25) is 0 Å². The average Bonchev–Trinajstić information content (AvgIpc) is 3.22. The molecular formula is C20H32N4O2S. The second-order valence-electron chi connectivity index (χ2n) is 7.56. The van der Waals surface area contributed by atoms with Gasteiger partial charge in [-0.1, -0.05) is 6.07 Å². The molecule has 1 aromatic heterocycles. The Kier molecular flexibility index (Phi) is 7.13. The molecule has 2 atom stereocenters. The zero-order chi connectivity index (χ0) is 19.2. The van der Waals surface area contributed by atoms with Crippen LogP contribution >= 0.6 is 11.3 Å². The molecule has 0 saturated carbocycles. The fraction of sp³-hybridized carbons (Fsp3) is 0.700. The summed E-state index contributed by atoms with van der Waals surface area (Å²) in [6.45, 7) is 3.78. The molecule has 2 aliphatic rings. The van der Waals surface area contributed by atoms with Crippen molar-refractivity contribution in [1.82, 2.24) is 15.1 Å². The standard InChI is InChI=1S/C20H32N4O2S/c1-21-20(24-11-8-15(9-12-24)19(25)26-3)22-14-16-6-4-10-23(2)18(16)17-7-5-13-27-17/h5,7,13,15-16,18H,4,6,8-12,14H2,1-3H3,(H,21,22). The van der Waals surface area contributed by atoms with Gasteiger partial charge >= 0.3 is 5.97 Å². The molecule has 7 heteroatoms. The number of likely N-dealkylation sites (tertiary alicyclic amines) is 2. The average molecular weight is 393 g/mol. The van der Waals surface area contributed by atoms with Crippen LogP contribution in [0.3, 0.4) is 0 Å². The lowest BCUT2D eigenvalue weighted by Gasteiger charge is -2.40. The number of hydrogen-bond acceptors (Lipinski definition) is 5. The molecule has 0 aliphatic carbocycles. The predicted octanol–water partition coefficient (Wildman–Crippen LogP) is 2.59. The second-order valence-corrected chi connectivity index (χ2v) is 8.54. The first-order valence-electron chi connectivity index (χ1n) is 9.91. The second kappa shape index (κ2) is 9.55. The number of guanidine groups is 1. The molecule has 1 aromatic rings. The Balaban J connectivity index is 1.56. The SMILES string of the molecule is CN=C(NCC1CCCN(C)C1c1cccs1)N1CCC(C(=O)OC)CC1. The van der Waals surface area contributed by atoms with Crippen LogP contribution in [0.5, 0.6) is 0 Å². The van der Waals surface area contributed by atoms with Crippen molar-refractivity contribution in [3.05, 3.63) is 22.4 Å². The fourth-order valence-corrected chi connectivity index (χ4v) is 5.41. The molecule has 0 aromatic carbocycles. The number of aliphatic imine (C=N–C) groups is 1. The molecule has 150 valence electrons. The molecule has 2 aliphatic heterocycles. The van der Waals surface area contributed by atoms with Crippen LogP contribution in [0.1, 0.15) is 36.6 Å². The van der Waals surface area contributed by atoms with Crippen LogP contribution in [0.4, 0.5) is 0 Å². The molecule has 2 unspecified atom stereocenters. The third kappa shape index (κ3) is 4.82. The monoisotopic (exact) mass is 392 g/mol. The number of carbonyl (C=O) groups is 1. The molecule has 3 rings (SSSR count). The Labute approximate surface area is 166 Å². The van der Waals surface area contributed by atoms with E-state index in [4.69, 9.17) is 4.74 Å². The molecule has 0 bridgehead atoms. The van der Waals surface area contributed by atoms with E-state index in [0.29, 0.717) is 12.0 Å². The number of nitrogens with one attached hydrogen (secondary N) is 1. The first-order chi connectivity index (χ1) is 13.1. The number of ether oxygens (including phenoxy) is 1. The van der Waals surface area contributed by atoms with Gasteiger partial charge in [-0.3, -0.25) is 14.7 Å². The summed E-state index contributed by atoms with van der Waals surface area (Å²) in [5, 5.41) is 5.79. The Morgan fingerprint density at radius 1 is 1.33 bits per heavy atom. The quantitative estimate of drug-likeness (QED) is 0.485. The molecule has 2 saturated heterocycles. The highest BCUT2D eigenvalue weighted by molar-refractivity contribution is 7.10. The zero-order valence-electron chi connectivity index (χ0n) is 16.7. The summed E-state index contributed by atoms with van der Waals surface area (Å²) < 4.78 is 4.89. The Hall–Kier alpha value is -1.60. The van der Waals surface area contributed by atoms with E-state index in [1.807, 2.05) is 18.4 Å². The van der Waals surface area contributed by atoms with E-state index >= 15 is 0 Å². The smallest absolute Gasteiger partial charge is 0.308 e. The van der Waals surface area contributed by atoms with Gasteiger partial charge < -0.3 is 15.0 Å². The summed E-state index contributed by atoms with van der Waals surface area (Å²) in [5.41, 5.74) is 0. The fourth-order valence-electron chi connectivity index (χ4n) is 4.43. The van der Waals surface area contributed by atoms with Crippen LogP contribution < -0.4 is 5.32 Å². The van der Waals surface area contributed by atoms with Crippen molar-refractivity contribution in [3.8, 4) is 0 Å². The molecular weight excluding hydrogens is 360 g/mol. The van der Waals surface area contributed by atoms with Gasteiger partial charge in [-0.05, 0) is 56.6 Å². The van der Waals surface area contributed by atoms with Crippen molar-refractivity contribution >= 4 is 23.3 Å². The zero-order valence-corrected chi connectivity index (χ0v) is 17.5. The van der Waals surface area contributed by atoms with E-state index in [2.05, 4.69) is 44.7 Å². The van der Waals surface area contributed by atoms with Crippen molar-refractivity contribution in [2.24, 2.45) is 16.8 Å². The summed E-state index contributed by atoms with van der Waals surface area (Å²) in [7, 11) is 5.56. The van der Waals surface area contributed by atoms with Crippen molar-refractivity contribution in [2.75, 3.05) is 47.4 Å². The van der Waals surface area contributed by atoms with Gasteiger partial charge in [0.1, 0.15) is 0 Å². The van der Waals surface area contributed by atoms with Gasteiger partial charge in [-0.2, -0.15) is 0 Å². The minimum absolute atomic E-state index is 0.0274. The van der Waals surface area contributed by atoms with E-state index in [-0.39, 0.29) is 11.9 Å². The minimum atomic E-state index is -0.0818. The van der Waals surface area contributed by atoms with Crippen molar-refractivity contribution in [3.63, 3.8) is 0 Å². The van der Waals surface area contributed by atoms with Crippen LogP contribution in [0.2, 0.25) is 0 Å². The van der Waals surface area contributed by atoms with Crippen molar-refractivity contribution in [1.29, 1.82) is 0 Å². The Morgan fingerprint density at radius 2 is 2.11 bits per heavy atom. The van der Waals surface area contributed by atoms with Gasteiger partial charge in [-0.15, -0.1) is 11.3 Å². The predicted molar refractivity (Wildman–Crippen MR) is 110 cm³/mol. The topological polar surface area (TPSA) is 57.2 Å². The summed E-state index contributed by atoms with van der Waals surface area (Å²) in [5.74, 6) is 1.48. The van der Waals surface area contributed by atoms with E-state index in [1.165, 1.54) is 24.8 Å².